The third-order valence-corrected chi connectivity index (χ3v) is 7.14. The highest BCUT2D eigenvalue weighted by atomic mass is 35.5. The molecule has 0 radical (unpaired) electrons. The SMILES string of the molecule is CCCNC(=O)[C@H](CC)N(Cc1ccccc1Cl)C(=O)CN(c1ccc(OC)c(Cl)c1)S(C)(=O)=O. The predicted octanol–water partition coefficient (Wildman–Crippen LogP) is 4.10. The Morgan fingerprint density at radius 1 is 1.09 bits per heavy atom. The van der Waals surface area contributed by atoms with Crippen LogP contribution >= 0.6 is 23.2 Å². The van der Waals surface area contributed by atoms with Crippen LogP contribution in [-0.4, -0.2) is 57.6 Å². The normalized spacial score (nSPS) is 12.1. The second-order valence-corrected chi connectivity index (χ2v) is 10.6. The molecule has 0 aromatic heterocycles. The number of hydrogen-bond acceptors (Lipinski definition) is 5. The number of rotatable bonds is 12. The van der Waals surface area contributed by atoms with Gasteiger partial charge in [0.05, 0.1) is 24.1 Å². The van der Waals surface area contributed by atoms with Gasteiger partial charge >= 0.3 is 0 Å². The van der Waals surface area contributed by atoms with Gasteiger partial charge in [-0.2, -0.15) is 0 Å². The van der Waals surface area contributed by atoms with Gasteiger partial charge in [0.2, 0.25) is 21.8 Å². The first-order valence-electron chi connectivity index (χ1n) is 11.1. The van der Waals surface area contributed by atoms with Crippen LogP contribution in [0, 0.1) is 0 Å². The summed E-state index contributed by atoms with van der Waals surface area (Å²) in [7, 11) is -2.43. The minimum Gasteiger partial charge on any atom is -0.495 e. The molecule has 0 unspecified atom stereocenters. The summed E-state index contributed by atoms with van der Waals surface area (Å²) < 4.78 is 31.4. The van der Waals surface area contributed by atoms with Crippen LogP contribution < -0.4 is 14.4 Å². The molecule has 2 amide bonds. The van der Waals surface area contributed by atoms with Crippen molar-refractivity contribution in [3.63, 3.8) is 0 Å². The van der Waals surface area contributed by atoms with Crippen LogP contribution in [0.3, 0.4) is 0 Å². The molecule has 0 heterocycles. The highest BCUT2D eigenvalue weighted by Crippen LogP contribution is 2.30. The average Bonchev–Trinajstić information content (AvgIpc) is 2.81. The Kier molecular flexibility index (Phi) is 10.7. The molecule has 0 saturated carbocycles. The number of ether oxygens (including phenoxy) is 1. The number of anilines is 1. The van der Waals surface area contributed by atoms with Crippen LogP contribution in [0.4, 0.5) is 5.69 Å². The van der Waals surface area contributed by atoms with Crippen molar-refractivity contribution in [2.75, 3.05) is 30.8 Å². The van der Waals surface area contributed by atoms with Crippen molar-refractivity contribution >= 4 is 50.7 Å². The molecule has 35 heavy (non-hydrogen) atoms. The number of nitrogens with one attached hydrogen (secondary N) is 1. The molecule has 0 bridgehead atoms. The monoisotopic (exact) mass is 543 g/mol. The zero-order valence-electron chi connectivity index (χ0n) is 20.3. The third kappa shape index (κ3) is 7.75. The van der Waals surface area contributed by atoms with Crippen LogP contribution in [-0.2, 0) is 26.2 Å². The molecule has 0 aliphatic rings. The fraction of sp³-hybridized carbons (Fsp3) is 0.417. The summed E-state index contributed by atoms with van der Waals surface area (Å²) in [4.78, 5) is 27.9. The van der Waals surface area contributed by atoms with Crippen molar-refractivity contribution in [2.24, 2.45) is 0 Å². The van der Waals surface area contributed by atoms with Gasteiger partial charge in [0.25, 0.3) is 0 Å². The second-order valence-electron chi connectivity index (χ2n) is 7.92. The minimum atomic E-state index is -3.87. The molecule has 0 aliphatic heterocycles. The number of methoxy groups -OCH3 is 1. The number of carbonyl (C=O) groups is 2. The van der Waals surface area contributed by atoms with Crippen molar-refractivity contribution in [3.05, 3.63) is 58.1 Å². The van der Waals surface area contributed by atoms with E-state index in [1.807, 2.05) is 6.92 Å². The lowest BCUT2D eigenvalue weighted by Crippen LogP contribution is -2.52. The summed E-state index contributed by atoms with van der Waals surface area (Å²) in [6.07, 6.45) is 2.07. The molecule has 0 fully saturated rings. The third-order valence-electron chi connectivity index (χ3n) is 5.34. The zero-order valence-corrected chi connectivity index (χ0v) is 22.6. The first-order chi connectivity index (χ1) is 16.5. The standard InChI is InChI=1S/C24H31Cl2N3O5S/c1-5-13-27-24(31)21(6-2)28(15-17-9-7-8-10-19(17)25)23(30)16-29(35(4,32)33)18-11-12-22(34-3)20(26)14-18/h7-12,14,21H,5-6,13,15-16H2,1-4H3,(H,27,31)/t21-/m0/s1. The number of halogens is 2. The van der Waals surface area contributed by atoms with Gasteiger partial charge in [-0.25, -0.2) is 8.42 Å². The van der Waals surface area contributed by atoms with Crippen molar-refractivity contribution in [1.29, 1.82) is 0 Å². The highest BCUT2D eigenvalue weighted by Gasteiger charge is 2.32. The van der Waals surface area contributed by atoms with Crippen molar-refractivity contribution < 1.29 is 22.7 Å². The lowest BCUT2D eigenvalue weighted by molar-refractivity contribution is -0.140. The lowest BCUT2D eigenvalue weighted by atomic mass is 10.1. The summed E-state index contributed by atoms with van der Waals surface area (Å²) in [6, 6.07) is 10.6. The molecule has 0 saturated heterocycles. The van der Waals surface area contributed by atoms with E-state index in [9.17, 15) is 18.0 Å². The summed E-state index contributed by atoms with van der Waals surface area (Å²) >= 11 is 12.5. The van der Waals surface area contributed by atoms with Gasteiger partial charge in [0, 0.05) is 18.1 Å². The van der Waals surface area contributed by atoms with Crippen molar-refractivity contribution in [1.82, 2.24) is 10.2 Å². The van der Waals surface area contributed by atoms with Gasteiger partial charge in [-0.3, -0.25) is 13.9 Å². The Hall–Kier alpha value is -2.49. The van der Waals surface area contributed by atoms with Gasteiger partial charge in [-0.15, -0.1) is 0 Å². The molecule has 8 nitrogen and oxygen atoms in total. The molecule has 1 N–H and O–H groups in total. The number of amides is 2. The zero-order chi connectivity index (χ0) is 26.2. The summed E-state index contributed by atoms with van der Waals surface area (Å²) in [5, 5.41) is 3.46. The average molecular weight is 545 g/mol. The van der Waals surface area contributed by atoms with Crippen LogP contribution in [0.25, 0.3) is 0 Å². The number of nitrogens with zero attached hydrogens (tertiary/aromatic N) is 2. The first kappa shape index (κ1) is 28.7. The van der Waals surface area contributed by atoms with Crippen LogP contribution in [0.15, 0.2) is 42.5 Å². The Balaban J connectivity index is 2.46. The number of benzene rings is 2. The summed E-state index contributed by atoms with van der Waals surface area (Å²) in [6.45, 7) is 3.70. The quantitative estimate of drug-likeness (QED) is 0.434. The summed E-state index contributed by atoms with van der Waals surface area (Å²) in [5.41, 5.74) is 0.843. The van der Waals surface area contributed by atoms with E-state index in [0.29, 0.717) is 29.3 Å². The van der Waals surface area contributed by atoms with Crippen molar-refractivity contribution in [2.45, 2.75) is 39.3 Å². The van der Waals surface area contributed by atoms with E-state index in [0.717, 1.165) is 17.0 Å². The summed E-state index contributed by atoms with van der Waals surface area (Å²) in [5.74, 6) is -0.497. The Morgan fingerprint density at radius 3 is 2.31 bits per heavy atom. The second kappa shape index (κ2) is 13.0. The maximum Gasteiger partial charge on any atom is 0.244 e. The molecule has 11 heteroatoms. The fourth-order valence-electron chi connectivity index (χ4n) is 3.52. The van der Waals surface area contributed by atoms with E-state index >= 15 is 0 Å². The van der Waals surface area contributed by atoms with Gasteiger partial charge in [-0.1, -0.05) is 55.2 Å². The topological polar surface area (TPSA) is 96.0 Å². The molecule has 2 aromatic rings. The van der Waals surface area contributed by atoms with Crippen molar-refractivity contribution in [3.8, 4) is 5.75 Å². The van der Waals surface area contributed by atoms with Gasteiger partial charge in [0.15, 0.2) is 0 Å². The molecular weight excluding hydrogens is 513 g/mol. The van der Waals surface area contributed by atoms with E-state index in [-0.39, 0.29) is 23.2 Å². The highest BCUT2D eigenvalue weighted by molar-refractivity contribution is 7.92. The minimum absolute atomic E-state index is 0.0392. The van der Waals surface area contributed by atoms with Crippen LogP contribution in [0.2, 0.25) is 10.0 Å². The Morgan fingerprint density at radius 2 is 1.77 bits per heavy atom. The maximum atomic E-state index is 13.6. The molecule has 192 valence electrons. The predicted molar refractivity (Wildman–Crippen MR) is 140 cm³/mol. The Labute approximate surface area is 217 Å². The molecule has 2 rings (SSSR count). The van der Waals surface area contributed by atoms with E-state index in [1.165, 1.54) is 30.2 Å². The fourth-order valence-corrected chi connectivity index (χ4v) is 4.81. The largest absolute Gasteiger partial charge is 0.495 e. The van der Waals surface area contributed by atoms with Crippen LogP contribution in [0.5, 0.6) is 5.75 Å². The molecule has 2 aromatic carbocycles. The van der Waals surface area contributed by atoms with Gasteiger partial charge in [-0.05, 0) is 42.7 Å². The van der Waals surface area contributed by atoms with Crippen LogP contribution in [0.1, 0.15) is 32.3 Å². The smallest absolute Gasteiger partial charge is 0.244 e. The van der Waals surface area contributed by atoms with E-state index in [1.54, 1.807) is 31.2 Å². The molecular formula is C24H31Cl2N3O5S. The van der Waals surface area contributed by atoms with E-state index in [4.69, 9.17) is 27.9 Å². The van der Waals surface area contributed by atoms with E-state index in [2.05, 4.69) is 5.32 Å². The number of carbonyl (C=O) groups excluding carboxylic acids is 2. The molecule has 0 aliphatic carbocycles. The Bertz CT molecular complexity index is 1140. The maximum absolute atomic E-state index is 13.6. The number of sulfonamides is 1. The van der Waals surface area contributed by atoms with Gasteiger partial charge in [0.1, 0.15) is 18.3 Å². The van der Waals surface area contributed by atoms with Gasteiger partial charge < -0.3 is 15.0 Å². The molecule has 0 spiro atoms. The number of hydrogen-bond donors (Lipinski definition) is 1. The first-order valence-corrected chi connectivity index (χ1v) is 13.8. The lowest BCUT2D eigenvalue weighted by Gasteiger charge is -2.33. The van der Waals surface area contributed by atoms with E-state index < -0.39 is 28.5 Å². The molecule has 1 atom stereocenters.